The number of carbonyl (C=O) groups is 5. The molecule has 3 aliphatic rings. The summed E-state index contributed by atoms with van der Waals surface area (Å²) >= 11 is 19.2. The number of methoxy groups -OCH3 is 4. The van der Waals surface area contributed by atoms with Gasteiger partial charge in [0.25, 0.3) is 0 Å². The number of alkyl carbamates (subject to hydrolysis) is 3. The molecule has 27 heteroatoms. The summed E-state index contributed by atoms with van der Waals surface area (Å²) in [5.74, 6) is 2.33. The van der Waals surface area contributed by atoms with E-state index in [1.54, 1.807) is 37.8 Å². The number of ether oxygens (including phenoxy) is 7. The number of amides is 3. The molecule has 6 heterocycles. The predicted molar refractivity (Wildman–Crippen MR) is 371 cm³/mol. The van der Waals surface area contributed by atoms with E-state index in [9.17, 15) is 24.0 Å². The van der Waals surface area contributed by atoms with Gasteiger partial charge in [0.2, 0.25) is 0 Å². The Labute approximate surface area is 578 Å². The lowest BCUT2D eigenvalue weighted by atomic mass is 10.0. The van der Waals surface area contributed by atoms with Crippen LogP contribution in [0.5, 0.6) is 0 Å². The van der Waals surface area contributed by atoms with Crippen LogP contribution in [0.2, 0.25) is 15.1 Å². The molecule has 4 N–H and O–H groups in total. The second-order valence-corrected chi connectivity index (χ2v) is 28.0. The number of piperidine rings is 3. The summed E-state index contributed by atoms with van der Waals surface area (Å²) in [6.45, 7) is 21.1. The summed E-state index contributed by atoms with van der Waals surface area (Å²) in [6, 6.07) is 22.7. The van der Waals surface area contributed by atoms with Gasteiger partial charge >= 0.3 is 18.3 Å². The minimum atomic E-state index is -0.575. The van der Waals surface area contributed by atoms with Crippen LogP contribution in [0.1, 0.15) is 167 Å². The number of rotatable bonds is 21. The van der Waals surface area contributed by atoms with Crippen molar-refractivity contribution in [2.75, 3.05) is 82.4 Å². The molecule has 3 aromatic carbocycles. The predicted octanol–water partition coefficient (Wildman–Crippen LogP) is 12.5. The van der Waals surface area contributed by atoms with Crippen LogP contribution < -0.4 is 30.7 Å². The van der Waals surface area contributed by atoms with Crippen LogP contribution in [0.25, 0.3) is 0 Å². The second-order valence-electron chi connectivity index (χ2n) is 26.8. The van der Waals surface area contributed by atoms with Gasteiger partial charge in [0.15, 0.2) is 30.5 Å². The highest BCUT2D eigenvalue weighted by molar-refractivity contribution is 6.32. The molecule has 96 heavy (non-hydrogen) atoms. The number of nitrogens with one attached hydrogen (secondary N) is 4. The number of hydrogen-bond donors (Lipinski definition) is 4. The van der Waals surface area contributed by atoms with Crippen molar-refractivity contribution < 1.29 is 57.1 Å². The molecule has 3 fully saturated rings. The van der Waals surface area contributed by atoms with Crippen LogP contribution in [0.3, 0.4) is 0 Å². The zero-order chi connectivity index (χ0) is 69.9. The second kappa shape index (κ2) is 35.2. The Bertz CT molecular complexity index is 3490. The summed E-state index contributed by atoms with van der Waals surface area (Å²) in [5, 5.41) is 27.8. The molecular formula is C69H95Cl3N12O12. The van der Waals surface area contributed by atoms with E-state index in [0.717, 1.165) is 121 Å². The molecule has 24 nitrogen and oxygen atoms in total. The number of benzene rings is 3. The first-order chi connectivity index (χ1) is 45.6. The lowest BCUT2D eigenvalue weighted by Crippen LogP contribution is -2.49. The quantitative estimate of drug-likeness (QED) is 0.0296. The Hall–Kier alpha value is -7.45. The first-order valence-electron chi connectivity index (χ1n) is 32.3. The standard InChI is InChI=1S/C23H33ClN4O4.2C23H31ClN4O4/c1-23(2,3)32-22(29)25-16-10-8-12-28(14-16)20-17(13-15-9-6-7-11-18(15)24)19(26-27-20)21(30-4)31-5;1-23(2,3)32-22(30)25-17-9-7-11-27(13-17)21-18(12-16-8-5-6-10-19(16)24)20(14-29)28(26-21)15-31-4;1-23(2,3)32-22(30)25-17-9-7-11-27(13-17)21-18(12-16-8-5-6-10-19(16)24)20(14-29)26-28(21)15-31-4/h6-7,9,11,16,21H,8,10,12-14H2,1-5H3,(H,25,29)(H,26,27);2*5-6,8,10,14,17H,7,9,11-13,15H2,1-4H3,(H,25,30)/t16-;2*17-/m111/s1. The molecule has 0 bridgehead atoms. The Morgan fingerprint density at radius 3 is 1.34 bits per heavy atom. The number of carbonyl (C=O) groups excluding carboxylic acids is 5. The van der Waals surface area contributed by atoms with E-state index in [1.807, 2.05) is 135 Å². The van der Waals surface area contributed by atoms with E-state index in [0.29, 0.717) is 71.2 Å². The molecular weight excluding hydrogens is 1300 g/mol. The highest BCUT2D eigenvalue weighted by Crippen LogP contribution is 2.35. The molecule has 0 spiro atoms. The largest absolute Gasteiger partial charge is 0.444 e. The molecule has 3 aliphatic heterocycles. The monoisotopic (exact) mass is 1390 g/mol. The summed E-state index contributed by atoms with van der Waals surface area (Å²) in [7, 11) is 6.33. The Balaban J connectivity index is 0.000000203. The summed E-state index contributed by atoms with van der Waals surface area (Å²) < 4.78 is 41.1. The van der Waals surface area contributed by atoms with Crippen LogP contribution in [-0.4, -0.2) is 163 Å². The number of H-pyrrole nitrogens is 1. The van der Waals surface area contributed by atoms with Crippen LogP contribution in [0.15, 0.2) is 72.8 Å². The van der Waals surface area contributed by atoms with Gasteiger partial charge in [-0.2, -0.15) is 15.3 Å². The number of aromatic nitrogens is 6. The first-order valence-corrected chi connectivity index (χ1v) is 33.4. The first kappa shape index (κ1) is 75.9. The molecule has 3 amide bonds. The Kier molecular flexibility index (Phi) is 27.8. The molecule has 6 aromatic rings. The molecule has 0 aliphatic carbocycles. The van der Waals surface area contributed by atoms with Crippen LogP contribution >= 0.6 is 34.8 Å². The van der Waals surface area contributed by atoms with E-state index >= 15 is 0 Å². The van der Waals surface area contributed by atoms with Crippen molar-refractivity contribution >= 4 is 83.1 Å². The fraction of sp³-hybridized carbons (Fsp3) is 0.536. The molecule has 3 aromatic heterocycles. The third kappa shape index (κ3) is 22.0. The van der Waals surface area contributed by atoms with Gasteiger partial charge in [0.05, 0.1) is 5.69 Å². The fourth-order valence-electron chi connectivity index (χ4n) is 11.7. The average Bonchev–Trinajstić information content (AvgIpc) is 1.64. The van der Waals surface area contributed by atoms with Gasteiger partial charge in [-0.25, -0.2) is 23.7 Å². The van der Waals surface area contributed by atoms with Crippen molar-refractivity contribution in [3.8, 4) is 0 Å². The van der Waals surface area contributed by atoms with Crippen LogP contribution in [-0.2, 0) is 65.9 Å². The van der Waals surface area contributed by atoms with Gasteiger partial charge in [0, 0.05) is 137 Å². The van der Waals surface area contributed by atoms with Gasteiger partial charge in [-0.1, -0.05) is 89.4 Å². The van der Waals surface area contributed by atoms with Gasteiger partial charge < -0.3 is 63.8 Å². The van der Waals surface area contributed by atoms with Gasteiger partial charge in [-0.05, 0) is 136 Å². The number of halogens is 3. The van der Waals surface area contributed by atoms with E-state index in [-0.39, 0.29) is 31.6 Å². The number of nitrogens with zero attached hydrogens (tertiary/aromatic N) is 8. The normalized spacial score (nSPS) is 16.8. The molecule has 524 valence electrons. The third-order valence-corrected chi connectivity index (χ3v) is 16.8. The maximum atomic E-state index is 12.3. The minimum absolute atomic E-state index is 0.0347. The molecule has 9 rings (SSSR count). The van der Waals surface area contributed by atoms with E-state index in [1.165, 1.54) is 0 Å². The van der Waals surface area contributed by atoms with Gasteiger partial charge in [0.1, 0.15) is 47.5 Å². The highest BCUT2D eigenvalue weighted by Gasteiger charge is 2.34. The van der Waals surface area contributed by atoms with Gasteiger partial charge in [-0.3, -0.25) is 14.7 Å². The van der Waals surface area contributed by atoms with Crippen molar-refractivity contribution in [3.05, 3.63) is 138 Å². The smallest absolute Gasteiger partial charge is 0.407 e. The minimum Gasteiger partial charge on any atom is -0.444 e. The van der Waals surface area contributed by atoms with Crippen molar-refractivity contribution in [3.63, 3.8) is 0 Å². The van der Waals surface area contributed by atoms with Gasteiger partial charge in [-0.15, -0.1) is 0 Å². The van der Waals surface area contributed by atoms with E-state index in [2.05, 4.69) is 45.9 Å². The van der Waals surface area contributed by atoms with E-state index in [4.69, 9.17) is 73.1 Å². The Morgan fingerprint density at radius 2 is 0.938 bits per heavy atom. The number of hydrogen-bond acceptors (Lipinski definition) is 18. The molecule has 0 radical (unpaired) electrons. The number of anilines is 3. The lowest BCUT2D eigenvalue weighted by Gasteiger charge is -2.35. The fourth-order valence-corrected chi connectivity index (χ4v) is 12.3. The number of aldehydes is 2. The Morgan fingerprint density at radius 1 is 0.542 bits per heavy atom. The molecule has 0 saturated carbocycles. The zero-order valence-electron chi connectivity index (χ0n) is 57.5. The lowest BCUT2D eigenvalue weighted by molar-refractivity contribution is -0.109. The van der Waals surface area contributed by atoms with E-state index < -0.39 is 41.4 Å². The van der Waals surface area contributed by atoms with Crippen molar-refractivity contribution in [2.24, 2.45) is 0 Å². The zero-order valence-corrected chi connectivity index (χ0v) is 59.8. The molecule has 3 saturated heterocycles. The maximum Gasteiger partial charge on any atom is 0.407 e. The maximum absolute atomic E-state index is 12.3. The average molecular weight is 1390 g/mol. The summed E-state index contributed by atoms with van der Waals surface area (Å²) in [5.41, 5.74) is 5.30. The van der Waals surface area contributed by atoms with Crippen molar-refractivity contribution in [1.82, 2.24) is 45.7 Å². The number of aromatic amines is 1. The van der Waals surface area contributed by atoms with Crippen LogP contribution in [0, 0.1) is 0 Å². The highest BCUT2D eigenvalue weighted by atomic mass is 35.5. The molecule has 3 atom stereocenters. The molecule has 0 unspecified atom stereocenters. The van der Waals surface area contributed by atoms with Crippen molar-refractivity contribution in [2.45, 2.75) is 175 Å². The summed E-state index contributed by atoms with van der Waals surface area (Å²) in [6.07, 6.45) is 6.48. The SMILES string of the molecule is COC(OC)c1[nH]nc(N2CCC[C@@H](NC(=O)OC(C)(C)C)C2)c1Cc1ccccc1Cl.COCn1nc(C=O)c(Cc2ccccc2Cl)c1N1CCC[C@@H](NC(=O)OC(C)(C)C)C1.COCn1nc(N2CCC[C@@H](NC(=O)OC(C)(C)C)C2)c(Cc2ccccc2Cl)c1C=O. The van der Waals surface area contributed by atoms with Crippen molar-refractivity contribution in [1.29, 1.82) is 0 Å². The summed E-state index contributed by atoms with van der Waals surface area (Å²) in [4.78, 5) is 67.1. The third-order valence-electron chi connectivity index (χ3n) is 15.7. The van der Waals surface area contributed by atoms with Crippen LogP contribution in [0.4, 0.5) is 31.8 Å². The topological polar surface area (TPSA) is 260 Å².